The molecule has 4 N–H and O–H groups in total. The minimum atomic E-state index is -4.01. The number of halogens is 2. The number of guanidine groups is 1. The van der Waals surface area contributed by atoms with Crippen LogP contribution in [0.15, 0.2) is 27.5 Å². The quantitative estimate of drug-likeness (QED) is 0.426. The van der Waals surface area contributed by atoms with E-state index in [1.807, 2.05) is 0 Å². The summed E-state index contributed by atoms with van der Waals surface area (Å²) < 4.78 is 26.2. The van der Waals surface area contributed by atoms with Crippen molar-refractivity contribution < 1.29 is 13.6 Å². The third-order valence-electron chi connectivity index (χ3n) is 1.52. The molecule has 0 aliphatic heterocycles. The van der Waals surface area contributed by atoms with Crippen LogP contribution in [0.5, 0.6) is 0 Å². The Bertz CT molecular complexity index is 530. The molecule has 0 unspecified atom stereocenters. The molecule has 1 aromatic carbocycles. The maximum atomic E-state index is 11.5. The molecule has 0 spiro atoms. The topological polar surface area (TPSA) is 105 Å². The van der Waals surface area contributed by atoms with Crippen LogP contribution < -0.4 is 11.2 Å². The first-order valence-electron chi connectivity index (χ1n) is 3.82. The summed E-state index contributed by atoms with van der Waals surface area (Å²) in [6.07, 6.45) is 0. The van der Waals surface area contributed by atoms with Crippen LogP contribution in [0.25, 0.3) is 0 Å². The van der Waals surface area contributed by atoms with Gasteiger partial charge in [-0.05, 0) is 18.2 Å². The van der Waals surface area contributed by atoms with Gasteiger partial charge in [0.1, 0.15) is 0 Å². The van der Waals surface area contributed by atoms with Crippen LogP contribution in [-0.2, 0) is 10.0 Å². The molecule has 0 aliphatic carbocycles. The van der Waals surface area contributed by atoms with E-state index in [9.17, 15) is 8.42 Å². The second-order valence-corrected chi connectivity index (χ2v) is 5.06. The van der Waals surface area contributed by atoms with Gasteiger partial charge in [-0.1, -0.05) is 23.2 Å². The highest BCUT2D eigenvalue weighted by Gasteiger charge is 2.15. The van der Waals surface area contributed by atoms with Gasteiger partial charge in [0.25, 0.3) is 10.0 Å². The van der Waals surface area contributed by atoms with Crippen LogP contribution in [0.1, 0.15) is 0 Å². The standard InChI is InChI=1S/C7H7Cl2N3O3S/c8-5-2-1-4(3-6(5)9)16(14,15)12-7(10)11-13/h1-3,13H,(H3,10,11,12). The second kappa shape index (κ2) is 4.88. The van der Waals surface area contributed by atoms with E-state index in [2.05, 4.69) is 4.40 Å². The smallest absolute Gasteiger partial charge is 0.285 e. The van der Waals surface area contributed by atoms with Crippen LogP contribution in [0.3, 0.4) is 0 Å². The van der Waals surface area contributed by atoms with E-state index >= 15 is 0 Å². The first kappa shape index (κ1) is 13.0. The summed E-state index contributed by atoms with van der Waals surface area (Å²) in [7, 11) is -4.01. The first-order chi connectivity index (χ1) is 7.36. The summed E-state index contributed by atoms with van der Waals surface area (Å²) in [6, 6.07) is 3.67. The molecule has 6 nitrogen and oxygen atoms in total. The number of rotatable bonds is 2. The van der Waals surface area contributed by atoms with Gasteiger partial charge in [-0.3, -0.25) is 5.21 Å². The summed E-state index contributed by atoms with van der Waals surface area (Å²) in [5, 5.41) is 8.62. The molecule has 88 valence electrons. The highest BCUT2D eigenvalue weighted by atomic mass is 35.5. The maximum absolute atomic E-state index is 11.5. The van der Waals surface area contributed by atoms with Crippen LogP contribution in [0.2, 0.25) is 10.0 Å². The fourth-order valence-corrected chi connectivity index (χ4v) is 2.11. The number of hydrogen-bond acceptors (Lipinski definition) is 3. The predicted molar refractivity (Wildman–Crippen MR) is 60.2 cm³/mol. The van der Waals surface area contributed by atoms with Crippen molar-refractivity contribution in [1.82, 2.24) is 5.48 Å². The molecule has 1 rings (SSSR count). The van der Waals surface area contributed by atoms with E-state index in [1.54, 1.807) is 0 Å². The molecule has 0 aromatic heterocycles. The largest absolute Gasteiger partial charge is 0.367 e. The molecule has 0 heterocycles. The Labute approximate surface area is 102 Å². The first-order valence-corrected chi connectivity index (χ1v) is 6.02. The van der Waals surface area contributed by atoms with Crippen molar-refractivity contribution in [3.8, 4) is 0 Å². The van der Waals surface area contributed by atoms with Gasteiger partial charge in [0.15, 0.2) is 0 Å². The molecule has 0 atom stereocenters. The van der Waals surface area contributed by atoms with Crippen LogP contribution in [-0.4, -0.2) is 19.6 Å². The van der Waals surface area contributed by atoms with Gasteiger partial charge in [0.05, 0.1) is 14.9 Å². The SMILES string of the molecule is N/C(=N\S(=O)(=O)c1ccc(Cl)c(Cl)c1)NO. The Balaban J connectivity index is 3.23. The Kier molecular flexibility index (Phi) is 3.98. The van der Waals surface area contributed by atoms with Gasteiger partial charge in [-0.2, -0.15) is 8.42 Å². The number of benzene rings is 1. The van der Waals surface area contributed by atoms with Crippen molar-refractivity contribution in [3.63, 3.8) is 0 Å². The van der Waals surface area contributed by atoms with E-state index in [0.717, 1.165) is 6.07 Å². The van der Waals surface area contributed by atoms with Crippen molar-refractivity contribution in [1.29, 1.82) is 0 Å². The summed E-state index contributed by atoms with van der Waals surface area (Å²) >= 11 is 11.3. The summed E-state index contributed by atoms with van der Waals surface area (Å²) in [6.45, 7) is 0. The van der Waals surface area contributed by atoms with Crippen LogP contribution in [0, 0.1) is 0 Å². The van der Waals surface area contributed by atoms with E-state index in [1.165, 1.54) is 17.6 Å². The van der Waals surface area contributed by atoms with Gasteiger partial charge < -0.3 is 5.73 Å². The van der Waals surface area contributed by atoms with E-state index in [0.29, 0.717) is 0 Å². The molecule has 16 heavy (non-hydrogen) atoms. The molecule has 0 radical (unpaired) electrons. The van der Waals surface area contributed by atoms with Gasteiger partial charge in [-0.15, -0.1) is 4.40 Å². The lowest BCUT2D eigenvalue weighted by Crippen LogP contribution is -2.29. The second-order valence-electron chi connectivity index (χ2n) is 2.64. The summed E-state index contributed by atoms with van der Waals surface area (Å²) in [5.74, 6) is -0.647. The highest BCUT2D eigenvalue weighted by Crippen LogP contribution is 2.25. The molecular formula is C7H7Cl2N3O3S. The Hall–Kier alpha value is -1.02. The lowest BCUT2D eigenvalue weighted by molar-refractivity contribution is 0.233. The Morgan fingerprint density at radius 3 is 2.50 bits per heavy atom. The lowest BCUT2D eigenvalue weighted by atomic mass is 10.4. The number of hydroxylamine groups is 1. The molecule has 0 aliphatic rings. The van der Waals surface area contributed by atoms with Gasteiger partial charge in [0.2, 0.25) is 5.96 Å². The van der Waals surface area contributed by atoms with Crippen molar-refractivity contribution in [2.45, 2.75) is 4.90 Å². The zero-order chi connectivity index (χ0) is 12.3. The fraction of sp³-hybridized carbons (Fsp3) is 0. The zero-order valence-electron chi connectivity index (χ0n) is 7.68. The summed E-state index contributed by atoms with van der Waals surface area (Å²) in [5.41, 5.74) is 6.42. The van der Waals surface area contributed by atoms with E-state index in [-0.39, 0.29) is 14.9 Å². The molecule has 1 aromatic rings. The number of nitrogens with two attached hydrogens (primary N) is 1. The minimum absolute atomic E-state index is 0.0773. The monoisotopic (exact) mass is 283 g/mol. The highest BCUT2D eigenvalue weighted by molar-refractivity contribution is 7.90. The summed E-state index contributed by atoms with van der Waals surface area (Å²) in [4.78, 5) is -0.180. The average molecular weight is 284 g/mol. The van der Waals surface area contributed by atoms with Crippen LogP contribution in [0.4, 0.5) is 0 Å². The fourth-order valence-electron chi connectivity index (χ4n) is 0.840. The maximum Gasteiger partial charge on any atom is 0.285 e. The van der Waals surface area contributed by atoms with Crippen LogP contribution >= 0.6 is 23.2 Å². The number of nitrogens with one attached hydrogen (secondary N) is 1. The third kappa shape index (κ3) is 2.99. The molecule has 0 saturated heterocycles. The predicted octanol–water partition coefficient (Wildman–Crippen LogP) is 0.976. The van der Waals surface area contributed by atoms with E-state index < -0.39 is 16.0 Å². The molecule has 9 heteroatoms. The van der Waals surface area contributed by atoms with Gasteiger partial charge in [0, 0.05) is 0 Å². The number of nitrogens with zero attached hydrogens (tertiary/aromatic N) is 1. The van der Waals surface area contributed by atoms with Crippen molar-refractivity contribution in [2.75, 3.05) is 0 Å². The molecule has 0 fully saturated rings. The molecular weight excluding hydrogens is 277 g/mol. The van der Waals surface area contributed by atoms with Crippen molar-refractivity contribution in [2.24, 2.45) is 10.1 Å². The van der Waals surface area contributed by atoms with Gasteiger partial charge >= 0.3 is 0 Å². The van der Waals surface area contributed by atoms with E-state index in [4.69, 9.17) is 34.1 Å². The average Bonchev–Trinajstić information content (AvgIpc) is 2.21. The Morgan fingerprint density at radius 1 is 1.38 bits per heavy atom. The third-order valence-corrected chi connectivity index (χ3v) is 3.55. The van der Waals surface area contributed by atoms with Crippen molar-refractivity contribution in [3.05, 3.63) is 28.2 Å². The van der Waals surface area contributed by atoms with Gasteiger partial charge in [-0.25, -0.2) is 5.48 Å². The minimum Gasteiger partial charge on any atom is -0.367 e. The Morgan fingerprint density at radius 2 is 2.00 bits per heavy atom. The van der Waals surface area contributed by atoms with Crippen molar-refractivity contribution >= 4 is 39.2 Å². The molecule has 0 bridgehead atoms. The molecule has 0 saturated carbocycles. The number of sulfonamides is 1. The number of hydrogen-bond donors (Lipinski definition) is 3. The zero-order valence-corrected chi connectivity index (χ0v) is 10.0. The normalized spacial score (nSPS) is 12.6. The lowest BCUT2D eigenvalue weighted by Gasteiger charge is -2.02. The molecule has 0 amide bonds.